The molecule has 1 aromatic heterocycles. The summed E-state index contributed by atoms with van der Waals surface area (Å²) in [4.78, 5) is -0.0101. The van der Waals surface area contributed by atoms with E-state index in [1.165, 1.54) is 18.2 Å². The zero-order chi connectivity index (χ0) is 14.9. The minimum Gasteiger partial charge on any atom is -0.280 e. The first-order valence-electron chi connectivity index (χ1n) is 5.82. The highest BCUT2D eigenvalue weighted by atomic mass is 35.5. The maximum Gasteiger partial charge on any atom is 0.263 e. The zero-order valence-corrected chi connectivity index (χ0v) is 13.1. The summed E-state index contributed by atoms with van der Waals surface area (Å²) in [6.45, 7) is 3.95. The van der Waals surface area contributed by atoms with E-state index in [0.717, 1.165) is 5.69 Å². The molecule has 0 saturated carbocycles. The van der Waals surface area contributed by atoms with Crippen LogP contribution in [-0.4, -0.2) is 18.6 Å². The van der Waals surface area contributed by atoms with Crippen molar-refractivity contribution in [1.29, 1.82) is 0 Å². The lowest BCUT2D eigenvalue weighted by atomic mass is 10.1. The van der Waals surface area contributed by atoms with Crippen LogP contribution in [0.1, 0.15) is 25.5 Å². The molecular formula is C12H13Cl2N3O2S. The predicted octanol–water partition coefficient (Wildman–Crippen LogP) is 3.64. The largest absolute Gasteiger partial charge is 0.280 e. The van der Waals surface area contributed by atoms with Gasteiger partial charge < -0.3 is 0 Å². The van der Waals surface area contributed by atoms with Gasteiger partial charge in [0.05, 0.1) is 4.90 Å². The van der Waals surface area contributed by atoms with Gasteiger partial charge in [0.2, 0.25) is 0 Å². The van der Waals surface area contributed by atoms with E-state index in [1.807, 2.05) is 13.8 Å². The van der Waals surface area contributed by atoms with Crippen molar-refractivity contribution in [2.45, 2.75) is 24.7 Å². The molecule has 1 aromatic carbocycles. The highest BCUT2D eigenvalue weighted by Crippen LogP contribution is 2.24. The molecule has 5 nitrogen and oxygen atoms in total. The van der Waals surface area contributed by atoms with Crippen LogP contribution in [0.3, 0.4) is 0 Å². The fourth-order valence-electron chi connectivity index (χ4n) is 1.56. The topological polar surface area (TPSA) is 74.8 Å². The molecule has 2 N–H and O–H groups in total. The number of hydrogen-bond acceptors (Lipinski definition) is 3. The molecule has 0 fully saturated rings. The van der Waals surface area contributed by atoms with Crippen LogP contribution in [0.25, 0.3) is 0 Å². The molecular weight excluding hydrogens is 321 g/mol. The Morgan fingerprint density at radius 2 is 1.75 bits per heavy atom. The Bertz CT molecular complexity index is 706. The van der Waals surface area contributed by atoms with Crippen LogP contribution in [0, 0.1) is 0 Å². The third kappa shape index (κ3) is 3.45. The Balaban J connectivity index is 2.30. The molecule has 2 rings (SSSR count). The number of anilines is 1. The summed E-state index contributed by atoms with van der Waals surface area (Å²) >= 11 is 11.6. The second-order valence-corrected chi connectivity index (χ2v) is 7.13. The van der Waals surface area contributed by atoms with Crippen LogP contribution in [0.5, 0.6) is 0 Å². The molecule has 2 aromatic rings. The van der Waals surface area contributed by atoms with E-state index in [-0.39, 0.29) is 26.7 Å². The quantitative estimate of drug-likeness (QED) is 0.896. The number of nitrogens with zero attached hydrogens (tertiary/aromatic N) is 1. The standard InChI is InChI=1S/C12H13Cl2N3O2S/c1-7(2)11-6-12(16-15-11)17-20(18,19)10-4-8(13)3-9(14)5-10/h3-7H,1-2H3,(H2,15,16,17). The molecule has 8 heteroatoms. The molecule has 0 spiro atoms. The number of sulfonamides is 1. The number of aromatic amines is 1. The van der Waals surface area contributed by atoms with Crippen LogP contribution in [0.15, 0.2) is 29.2 Å². The summed E-state index contributed by atoms with van der Waals surface area (Å²) < 4.78 is 26.8. The minimum atomic E-state index is -3.77. The summed E-state index contributed by atoms with van der Waals surface area (Å²) in [7, 11) is -3.77. The van der Waals surface area contributed by atoms with Gasteiger partial charge in [0.1, 0.15) is 0 Å². The average Bonchev–Trinajstić information content (AvgIpc) is 2.75. The normalized spacial score (nSPS) is 11.8. The van der Waals surface area contributed by atoms with E-state index in [2.05, 4.69) is 14.9 Å². The molecule has 0 aliphatic rings. The summed E-state index contributed by atoms with van der Waals surface area (Å²) in [6.07, 6.45) is 0. The monoisotopic (exact) mass is 333 g/mol. The third-order valence-corrected chi connectivity index (χ3v) is 4.38. The lowest BCUT2D eigenvalue weighted by Gasteiger charge is -2.06. The number of halogens is 2. The molecule has 0 aliphatic carbocycles. The number of nitrogens with one attached hydrogen (secondary N) is 2. The molecule has 0 amide bonds. The van der Waals surface area contributed by atoms with E-state index in [0.29, 0.717) is 0 Å². The molecule has 20 heavy (non-hydrogen) atoms. The van der Waals surface area contributed by atoms with Gasteiger partial charge in [-0.05, 0) is 24.1 Å². The smallest absolute Gasteiger partial charge is 0.263 e. The average molecular weight is 334 g/mol. The van der Waals surface area contributed by atoms with E-state index in [9.17, 15) is 8.42 Å². The van der Waals surface area contributed by atoms with E-state index in [1.54, 1.807) is 6.07 Å². The maximum absolute atomic E-state index is 12.2. The van der Waals surface area contributed by atoms with E-state index in [4.69, 9.17) is 23.2 Å². The fourth-order valence-corrected chi connectivity index (χ4v) is 3.28. The molecule has 0 unspecified atom stereocenters. The van der Waals surface area contributed by atoms with Crippen molar-refractivity contribution in [3.8, 4) is 0 Å². The van der Waals surface area contributed by atoms with Crippen LogP contribution in [-0.2, 0) is 10.0 Å². The highest BCUT2D eigenvalue weighted by molar-refractivity contribution is 7.92. The van der Waals surface area contributed by atoms with Gasteiger partial charge in [-0.25, -0.2) is 8.42 Å². The lowest BCUT2D eigenvalue weighted by Crippen LogP contribution is -2.13. The highest BCUT2D eigenvalue weighted by Gasteiger charge is 2.17. The first-order valence-corrected chi connectivity index (χ1v) is 8.06. The Morgan fingerprint density at radius 3 is 2.25 bits per heavy atom. The molecule has 0 saturated heterocycles. The summed E-state index contributed by atoms with van der Waals surface area (Å²) in [5.74, 6) is 0.450. The first-order chi connectivity index (χ1) is 9.28. The van der Waals surface area contributed by atoms with Gasteiger partial charge >= 0.3 is 0 Å². The molecule has 0 atom stereocenters. The van der Waals surface area contributed by atoms with Gasteiger partial charge in [0, 0.05) is 21.8 Å². The van der Waals surface area contributed by atoms with Crippen molar-refractivity contribution < 1.29 is 8.42 Å². The molecule has 0 bridgehead atoms. The molecule has 1 heterocycles. The van der Waals surface area contributed by atoms with E-state index >= 15 is 0 Å². The zero-order valence-electron chi connectivity index (χ0n) is 10.8. The van der Waals surface area contributed by atoms with Crippen LogP contribution < -0.4 is 4.72 Å². The minimum absolute atomic E-state index is 0.0101. The van der Waals surface area contributed by atoms with Gasteiger partial charge in [0.25, 0.3) is 10.0 Å². The number of benzene rings is 1. The van der Waals surface area contributed by atoms with Crippen LogP contribution in [0.2, 0.25) is 10.0 Å². The SMILES string of the molecule is CC(C)c1cc(NS(=O)(=O)c2cc(Cl)cc(Cl)c2)n[nH]1. The maximum atomic E-state index is 12.2. The Kier molecular flexibility index (Phi) is 4.27. The fraction of sp³-hybridized carbons (Fsp3) is 0.250. The molecule has 108 valence electrons. The Labute approximate surface area is 127 Å². The number of hydrogen-bond donors (Lipinski definition) is 2. The molecule has 0 radical (unpaired) electrons. The van der Waals surface area contributed by atoms with Crippen molar-refractivity contribution in [3.05, 3.63) is 40.0 Å². The predicted molar refractivity (Wildman–Crippen MR) is 79.9 cm³/mol. The van der Waals surface area contributed by atoms with Crippen molar-refractivity contribution in [1.82, 2.24) is 10.2 Å². The van der Waals surface area contributed by atoms with Crippen molar-refractivity contribution in [2.24, 2.45) is 0 Å². The summed E-state index contributed by atoms with van der Waals surface area (Å²) in [6, 6.07) is 5.76. The Morgan fingerprint density at radius 1 is 1.15 bits per heavy atom. The number of rotatable bonds is 4. The Hall–Kier alpha value is -1.24. The summed E-state index contributed by atoms with van der Waals surface area (Å²) in [5, 5.41) is 7.19. The van der Waals surface area contributed by atoms with E-state index < -0.39 is 10.0 Å². The van der Waals surface area contributed by atoms with Crippen LogP contribution >= 0.6 is 23.2 Å². The van der Waals surface area contributed by atoms with Crippen molar-refractivity contribution >= 4 is 39.0 Å². The van der Waals surface area contributed by atoms with Crippen molar-refractivity contribution in [3.63, 3.8) is 0 Å². The summed E-state index contributed by atoms with van der Waals surface area (Å²) in [5.41, 5.74) is 0.840. The lowest BCUT2D eigenvalue weighted by molar-refractivity contribution is 0.601. The number of H-pyrrole nitrogens is 1. The van der Waals surface area contributed by atoms with Gasteiger partial charge in [-0.1, -0.05) is 37.0 Å². The first kappa shape index (κ1) is 15.2. The van der Waals surface area contributed by atoms with Gasteiger partial charge in [-0.15, -0.1) is 0 Å². The second-order valence-electron chi connectivity index (χ2n) is 4.57. The van der Waals surface area contributed by atoms with Gasteiger partial charge in [0.15, 0.2) is 5.82 Å². The van der Waals surface area contributed by atoms with Crippen LogP contribution in [0.4, 0.5) is 5.82 Å². The van der Waals surface area contributed by atoms with Gasteiger partial charge in [-0.2, -0.15) is 5.10 Å². The molecule has 0 aliphatic heterocycles. The number of aromatic nitrogens is 2. The van der Waals surface area contributed by atoms with Crippen molar-refractivity contribution in [2.75, 3.05) is 4.72 Å². The third-order valence-electron chi connectivity index (χ3n) is 2.60. The second kappa shape index (κ2) is 5.63. The van der Waals surface area contributed by atoms with Gasteiger partial charge in [-0.3, -0.25) is 9.82 Å².